The smallest absolute Gasteiger partial charge is 0.435 e. The van der Waals surface area contributed by atoms with Crippen molar-refractivity contribution in [3.63, 3.8) is 0 Å². The molecule has 3 heterocycles. The van der Waals surface area contributed by atoms with Crippen molar-refractivity contribution >= 4 is 17.4 Å². The average Bonchev–Trinajstić information content (AvgIpc) is 3.38. The van der Waals surface area contributed by atoms with Crippen LogP contribution in [0.25, 0.3) is 0 Å². The van der Waals surface area contributed by atoms with Crippen molar-refractivity contribution in [3.05, 3.63) is 63.0 Å². The maximum atomic E-state index is 13.1. The Morgan fingerprint density at radius 2 is 2.06 bits per heavy atom. The summed E-state index contributed by atoms with van der Waals surface area (Å²) in [4.78, 5) is 41.0. The highest BCUT2D eigenvalue weighted by Crippen LogP contribution is 2.27. The molecular weight excluding hydrogens is 433 g/mol. The Kier molecular flexibility index (Phi) is 6.55. The fourth-order valence-electron chi connectivity index (χ4n) is 3.05. The van der Waals surface area contributed by atoms with Gasteiger partial charge in [-0.05, 0) is 24.6 Å². The van der Waals surface area contributed by atoms with Gasteiger partial charge < -0.3 is 10.2 Å². The van der Waals surface area contributed by atoms with Crippen LogP contribution in [0.1, 0.15) is 31.2 Å². The molecule has 0 unspecified atom stereocenters. The van der Waals surface area contributed by atoms with E-state index in [2.05, 4.69) is 10.1 Å². The van der Waals surface area contributed by atoms with Crippen LogP contribution < -0.4 is 21.9 Å². The molecule has 32 heavy (non-hydrogen) atoms. The van der Waals surface area contributed by atoms with Gasteiger partial charge in [-0.25, -0.2) is 4.79 Å². The first-order valence-electron chi connectivity index (χ1n) is 9.67. The van der Waals surface area contributed by atoms with E-state index in [1.807, 2.05) is 6.92 Å². The zero-order valence-corrected chi connectivity index (χ0v) is 17.1. The molecule has 0 aliphatic heterocycles. The van der Waals surface area contributed by atoms with Gasteiger partial charge in [0.25, 0.3) is 5.56 Å². The Hall–Kier alpha value is -3.77. The number of unbranched alkanes of at least 4 members (excludes halogenated alkanes) is 1. The lowest BCUT2D eigenvalue weighted by Gasteiger charge is -2.23. The number of nitrogens with zero attached hydrogens (tertiary/aromatic N) is 4. The first kappa shape index (κ1) is 22.9. The van der Waals surface area contributed by atoms with Crippen LogP contribution >= 0.6 is 0 Å². The van der Waals surface area contributed by atoms with Gasteiger partial charge in [0, 0.05) is 12.7 Å². The average molecular weight is 454 g/mol. The summed E-state index contributed by atoms with van der Waals surface area (Å²) in [6, 6.07) is 3.85. The highest BCUT2D eigenvalue weighted by Gasteiger charge is 2.34. The number of nitrogen functional groups attached to an aromatic ring is 1. The fourth-order valence-corrected chi connectivity index (χ4v) is 3.05. The molecule has 172 valence electrons. The van der Waals surface area contributed by atoms with Gasteiger partial charge in [0.1, 0.15) is 18.1 Å². The van der Waals surface area contributed by atoms with Crippen molar-refractivity contribution in [3.8, 4) is 0 Å². The number of hydrogen-bond acceptors (Lipinski definition) is 6. The van der Waals surface area contributed by atoms with Crippen LogP contribution in [0.2, 0.25) is 0 Å². The summed E-state index contributed by atoms with van der Waals surface area (Å²) >= 11 is 0. The number of amides is 1. The van der Waals surface area contributed by atoms with Gasteiger partial charge in [-0.1, -0.05) is 13.3 Å². The molecule has 0 radical (unpaired) electrons. The number of hydrogen-bond donors (Lipinski definition) is 2. The van der Waals surface area contributed by atoms with Crippen LogP contribution in [0.4, 0.5) is 24.7 Å². The minimum absolute atomic E-state index is 0.210. The van der Waals surface area contributed by atoms with E-state index < -0.39 is 35.6 Å². The first-order valence-corrected chi connectivity index (χ1v) is 9.67. The quantitative estimate of drug-likeness (QED) is 0.535. The molecule has 0 bridgehead atoms. The van der Waals surface area contributed by atoms with Crippen LogP contribution in [0.5, 0.6) is 0 Å². The molecule has 10 nitrogen and oxygen atoms in total. The van der Waals surface area contributed by atoms with E-state index in [0.29, 0.717) is 12.2 Å². The molecule has 13 heteroatoms. The normalized spacial score (nSPS) is 11.6. The van der Waals surface area contributed by atoms with Crippen molar-refractivity contribution in [1.29, 1.82) is 0 Å². The van der Waals surface area contributed by atoms with E-state index in [0.717, 1.165) is 32.8 Å². The van der Waals surface area contributed by atoms with Gasteiger partial charge in [0.05, 0.1) is 12.8 Å². The number of aromatic nitrogens is 4. The summed E-state index contributed by atoms with van der Waals surface area (Å²) in [5, 5.41) is 3.36. The van der Waals surface area contributed by atoms with E-state index in [4.69, 9.17) is 10.2 Å². The molecule has 1 amide bonds. The highest BCUT2D eigenvalue weighted by molar-refractivity contribution is 5.95. The number of carbonyl (C=O) groups is 1. The summed E-state index contributed by atoms with van der Waals surface area (Å²) in [7, 11) is 0. The molecule has 0 fully saturated rings. The summed E-state index contributed by atoms with van der Waals surface area (Å²) in [6.07, 6.45) is -0.970. The van der Waals surface area contributed by atoms with E-state index >= 15 is 0 Å². The van der Waals surface area contributed by atoms with E-state index in [-0.39, 0.29) is 24.6 Å². The number of carbonyl (C=O) groups excluding carboxylic acids is 1. The number of nitrogens with two attached hydrogens (primary N) is 1. The van der Waals surface area contributed by atoms with Gasteiger partial charge in [0.15, 0.2) is 11.4 Å². The Morgan fingerprint density at radius 1 is 1.31 bits per heavy atom. The molecule has 3 aromatic rings. The summed E-state index contributed by atoms with van der Waals surface area (Å²) in [5.41, 5.74) is 3.00. The van der Waals surface area contributed by atoms with E-state index in [1.54, 1.807) is 12.1 Å². The predicted octanol–water partition coefficient (Wildman–Crippen LogP) is 1.96. The maximum Gasteiger partial charge on any atom is 0.435 e. The number of nitrogens with one attached hydrogen (secondary N) is 1. The molecule has 0 aliphatic rings. The molecule has 0 saturated carbocycles. The summed E-state index contributed by atoms with van der Waals surface area (Å²) in [6.45, 7) is 1.27. The second kappa shape index (κ2) is 9.16. The molecule has 0 aromatic carbocycles. The highest BCUT2D eigenvalue weighted by atomic mass is 19.4. The van der Waals surface area contributed by atoms with Gasteiger partial charge in [-0.15, -0.1) is 0 Å². The Morgan fingerprint density at radius 3 is 2.66 bits per heavy atom. The zero-order chi connectivity index (χ0) is 23.5. The molecule has 3 N–H and O–H groups in total. The third-order valence-corrected chi connectivity index (χ3v) is 4.64. The third kappa shape index (κ3) is 4.92. The first-order chi connectivity index (χ1) is 15.1. The van der Waals surface area contributed by atoms with Gasteiger partial charge in [0.2, 0.25) is 5.91 Å². The number of halogens is 3. The number of aromatic amines is 1. The third-order valence-electron chi connectivity index (χ3n) is 4.64. The minimum Gasteiger partial charge on any atom is -0.467 e. The van der Waals surface area contributed by atoms with Crippen LogP contribution in [0.3, 0.4) is 0 Å². The van der Waals surface area contributed by atoms with Crippen LogP contribution in [-0.2, 0) is 30.6 Å². The van der Waals surface area contributed by atoms with E-state index in [9.17, 15) is 27.6 Å². The second-order valence-corrected chi connectivity index (χ2v) is 6.95. The molecule has 3 rings (SSSR count). The van der Waals surface area contributed by atoms with Gasteiger partial charge >= 0.3 is 11.9 Å². The molecular formula is C19H21F3N6O4. The summed E-state index contributed by atoms with van der Waals surface area (Å²) < 4.78 is 45.7. The Labute approximate surface area is 179 Å². The molecule has 3 aromatic heterocycles. The number of furan rings is 1. The molecule has 0 aliphatic carbocycles. The molecule has 0 saturated heterocycles. The van der Waals surface area contributed by atoms with Crippen LogP contribution in [-0.4, -0.2) is 25.2 Å². The van der Waals surface area contributed by atoms with Crippen molar-refractivity contribution in [2.45, 2.75) is 45.6 Å². The minimum atomic E-state index is -4.67. The lowest BCUT2D eigenvalue weighted by atomic mass is 10.3. The molecule has 0 spiro atoms. The van der Waals surface area contributed by atoms with Crippen molar-refractivity contribution < 1.29 is 22.4 Å². The number of alkyl halides is 3. The van der Waals surface area contributed by atoms with Gasteiger partial charge in [-0.3, -0.25) is 28.7 Å². The largest absolute Gasteiger partial charge is 0.467 e. The lowest BCUT2D eigenvalue weighted by Crippen LogP contribution is -2.42. The van der Waals surface area contributed by atoms with E-state index in [1.165, 1.54) is 6.26 Å². The second-order valence-electron chi connectivity index (χ2n) is 6.95. The standard InChI is InChI=1S/C19H21F3N6O4/c1-2-3-7-27-16(23)15(17(30)24-18(27)31)28(10-12-5-4-9-32-12)14(29)11-26-8-6-13(25-26)19(20,21)22/h4-6,8-9H,2-3,7,10-11,23H2,1H3,(H,24,30,31). The SMILES string of the molecule is CCCCn1c(N)c(N(Cc2ccco2)C(=O)Cn2ccc(C(F)(F)F)n2)c(=O)[nH]c1=O. The monoisotopic (exact) mass is 454 g/mol. The fraction of sp³-hybridized carbons (Fsp3) is 0.368. The van der Waals surface area contributed by atoms with Crippen LogP contribution in [0, 0.1) is 0 Å². The molecule has 0 atom stereocenters. The van der Waals surface area contributed by atoms with Crippen molar-refractivity contribution in [2.75, 3.05) is 10.6 Å². The number of rotatable bonds is 8. The predicted molar refractivity (Wildman–Crippen MR) is 108 cm³/mol. The topological polar surface area (TPSA) is 132 Å². The maximum absolute atomic E-state index is 13.1. The summed E-state index contributed by atoms with van der Waals surface area (Å²) in [5.74, 6) is -0.723. The van der Waals surface area contributed by atoms with Crippen molar-refractivity contribution in [1.82, 2.24) is 19.3 Å². The van der Waals surface area contributed by atoms with Crippen LogP contribution in [0.15, 0.2) is 44.7 Å². The van der Waals surface area contributed by atoms with Crippen molar-refractivity contribution in [2.24, 2.45) is 0 Å². The zero-order valence-electron chi connectivity index (χ0n) is 17.1. The Bertz CT molecular complexity index is 1190. The number of H-pyrrole nitrogens is 1. The Balaban J connectivity index is 2.01. The lowest BCUT2D eigenvalue weighted by molar-refractivity contribution is -0.141. The number of anilines is 2. The van der Waals surface area contributed by atoms with Gasteiger partial charge in [-0.2, -0.15) is 18.3 Å².